The van der Waals surface area contributed by atoms with Crippen molar-refractivity contribution >= 4 is 50.3 Å². The van der Waals surface area contributed by atoms with Crippen LogP contribution in [0.15, 0.2) is 53.9 Å². The monoisotopic (exact) mass is 422 g/mol. The molecule has 4 aromatic rings. The van der Waals surface area contributed by atoms with Gasteiger partial charge in [-0.2, -0.15) is 4.98 Å². The molecule has 0 bridgehead atoms. The van der Waals surface area contributed by atoms with E-state index in [1.54, 1.807) is 12.1 Å². The second kappa shape index (κ2) is 7.09. The molecule has 8 heteroatoms. The molecule has 0 saturated heterocycles. The van der Waals surface area contributed by atoms with E-state index in [-0.39, 0.29) is 15.9 Å². The molecule has 0 amide bonds. The normalized spacial score (nSPS) is 13.5. The van der Waals surface area contributed by atoms with Gasteiger partial charge in [-0.3, -0.25) is 10.1 Å². The first-order valence-corrected chi connectivity index (χ1v) is 10.4. The molecule has 0 unspecified atom stereocenters. The van der Waals surface area contributed by atoms with Crippen molar-refractivity contribution in [3.8, 4) is 11.1 Å². The second-order valence-electron chi connectivity index (χ2n) is 6.84. The molecule has 0 aliphatic carbocycles. The SMILES string of the molecule is O=[N+]([O-])c1cccc(-c2csc3nc(Cl)nc(N4CCCc5ccccc54)c23)c1. The first-order chi connectivity index (χ1) is 14.1. The highest BCUT2D eigenvalue weighted by Gasteiger charge is 2.24. The lowest BCUT2D eigenvalue weighted by atomic mass is 10.0. The molecule has 6 nitrogen and oxygen atoms in total. The summed E-state index contributed by atoms with van der Waals surface area (Å²) in [6.45, 7) is 0.823. The molecule has 29 heavy (non-hydrogen) atoms. The zero-order valence-electron chi connectivity index (χ0n) is 15.2. The van der Waals surface area contributed by atoms with Gasteiger partial charge >= 0.3 is 0 Å². The van der Waals surface area contributed by atoms with Crippen LogP contribution in [0.25, 0.3) is 21.3 Å². The molecule has 1 aliphatic heterocycles. The number of halogens is 1. The van der Waals surface area contributed by atoms with Gasteiger partial charge in [-0.15, -0.1) is 11.3 Å². The molecular weight excluding hydrogens is 408 g/mol. The highest BCUT2D eigenvalue weighted by atomic mass is 35.5. The summed E-state index contributed by atoms with van der Waals surface area (Å²) in [6.07, 6.45) is 2.03. The van der Waals surface area contributed by atoms with Crippen molar-refractivity contribution in [3.63, 3.8) is 0 Å². The highest BCUT2D eigenvalue weighted by Crippen LogP contribution is 2.43. The number of rotatable bonds is 3. The van der Waals surface area contributed by atoms with Gasteiger partial charge in [0.1, 0.15) is 10.6 Å². The van der Waals surface area contributed by atoms with Crippen LogP contribution in [0.4, 0.5) is 17.2 Å². The number of anilines is 2. The van der Waals surface area contributed by atoms with Crippen molar-refractivity contribution in [3.05, 3.63) is 74.9 Å². The van der Waals surface area contributed by atoms with Crippen molar-refractivity contribution < 1.29 is 4.92 Å². The van der Waals surface area contributed by atoms with E-state index in [9.17, 15) is 10.1 Å². The molecule has 0 atom stereocenters. The maximum atomic E-state index is 11.2. The Balaban J connectivity index is 1.75. The standard InChI is InChI=1S/C21H15ClN4O2S/c22-21-23-19(25-10-4-7-13-5-1-2-9-17(13)25)18-16(12-29-20(18)24-21)14-6-3-8-15(11-14)26(27)28/h1-3,5-6,8-9,11-12H,4,7,10H2. The number of aromatic nitrogens is 2. The third-order valence-corrected chi connectivity index (χ3v) is 6.16. The number of nitrogens with zero attached hydrogens (tertiary/aromatic N) is 4. The molecule has 5 rings (SSSR count). The van der Waals surface area contributed by atoms with E-state index in [0.29, 0.717) is 0 Å². The maximum Gasteiger partial charge on any atom is 0.270 e. The molecule has 2 aromatic carbocycles. The maximum absolute atomic E-state index is 11.2. The average Bonchev–Trinajstić information content (AvgIpc) is 3.16. The third-order valence-electron chi connectivity index (χ3n) is 5.12. The van der Waals surface area contributed by atoms with Crippen LogP contribution in [0.3, 0.4) is 0 Å². The number of hydrogen-bond donors (Lipinski definition) is 0. The minimum atomic E-state index is -0.382. The zero-order chi connectivity index (χ0) is 20.0. The van der Waals surface area contributed by atoms with Crippen molar-refractivity contribution in [1.29, 1.82) is 0 Å². The molecule has 0 spiro atoms. The Morgan fingerprint density at radius 2 is 2.00 bits per heavy atom. The predicted molar refractivity (Wildman–Crippen MR) is 116 cm³/mol. The van der Waals surface area contributed by atoms with E-state index in [4.69, 9.17) is 11.6 Å². The van der Waals surface area contributed by atoms with E-state index >= 15 is 0 Å². The van der Waals surface area contributed by atoms with E-state index in [2.05, 4.69) is 27.0 Å². The summed E-state index contributed by atoms with van der Waals surface area (Å²) >= 11 is 7.73. The topological polar surface area (TPSA) is 72.2 Å². The predicted octanol–water partition coefficient (Wildman–Crippen LogP) is 6.00. The van der Waals surface area contributed by atoms with Gasteiger partial charge in [0.2, 0.25) is 5.28 Å². The number of para-hydroxylation sites is 1. The van der Waals surface area contributed by atoms with Crippen molar-refractivity contribution in [2.24, 2.45) is 0 Å². The molecule has 0 radical (unpaired) electrons. The third kappa shape index (κ3) is 3.12. The molecular formula is C21H15ClN4O2S. The largest absolute Gasteiger partial charge is 0.325 e. The number of hydrogen-bond acceptors (Lipinski definition) is 6. The fourth-order valence-corrected chi connectivity index (χ4v) is 5.00. The van der Waals surface area contributed by atoms with Crippen molar-refractivity contribution in [1.82, 2.24) is 9.97 Å². The van der Waals surface area contributed by atoms with Gasteiger partial charge in [-0.05, 0) is 41.6 Å². The van der Waals surface area contributed by atoms with Crippen LogP contribution in [-0.2, 0) is 6.42 Å². The second-order valence-corrected chi connectivity index (χ2v) is 8.03. The number of aryl methyl sites for hydroxylation is 1. The molecule has 2 aromatic heterocycles. The number of benzene rings is 2. The Kier molecular flexibility index (Phi) is 4.41. The Bertz CT molecular complexity index is 1260. The van der Waals surface area contributed by atoms with Crippen molar-refractivity contribution in [2.75, 3.05) is 11.4 Å². The van der Waals surface area contributed by atoms with E-state index in [1.165, 1.54) is 23.0 Å². The fraction of sp³-hybridized carbons (Fsp3) is 0.143. The number of nitro groups is 1. The lowest BCUT2D eigenvalue weighted by Gasteiger charge is -2.31. The van der Waals surface area contributed by atoms with Crippen LogP contribution in [0.5, 0.6) is 0 Å². The minimum absolute atomic E-state index is 0.0570. The Labute approximate surface area is 175 Å². The highest BCUT2D eigenvalue weighted by molar-refractivity contribution is 7.17. The smallest absolute Gasteiger partial charge is 0.270 e. The summed E-state index contributed by atoms with van der Waals surface area (Å²) < 4.78 is 0. The van der Waals surface area contributed by atoms with Gasteiger partial charge in [-0.1, -0.05) is 30.3 Å². The average molecular weight is 423 g/mol. The van der Waals surface area contributed by atoms with Gasteiger partial charge in [0.25, 0.3) is 5.69 Å². The summed E-state index contributed by atoms with van der Waals surface area (Å²) in [5, 5.41) is 14.3. The number of fused-ring (bicyclic) bond motifs is 2. The molecule has 0 saturated carbocycles. The first kappa shape index (κ1) is 18.0. The van der Waals surface area contributed by atoms with Crippen LogP contribution >= 0.6 is 22.9 Å². The van der Waals surface area contributed by atoms with Gasteiger partial charge in [-0.25, -0.2) is 4.98 Å². The minimum Gasteiger partial charge on any atom is -0.325 e. The quantitative estimate of drug-likeness (QED) is 0.230. The molecule has 0 fully saturated rings. The lowest BCUT2D eigenvalue weighted by Crippen LogP contribution is -2.25. The number of non-ortho nitro benzene ring substituents is 1. The summed E-state index contributed by atoms with van der Waals surface area (Å²) in [5.41, 5.74) is 4.09. The fourth-order valence-electron chi connectivity index (χ4n) is 3.85. The Morgan fingerprint density at radius 1 is 1.14 bits per heavy atom. The van der Waals surface area contributed by atoms with Crippen molar-refractivity contribution in [2.45, 2.75) is 12.8 Å². The van der Waals surface area contributed by atoms with Crippen LogP contribution < -0.4 is 4.90 Å². The molecule has 1 aliphatic rings. The Hall–Kier alpha value is -3.03. The summed E-state index contributed by atoms with van der Waals surface area (Å²) in [5.74, 6) is 0.745. The molecule has 144 valence electrons. The Morgan fingerprint density at radius 3 is 2.86 bits per heavy atom. The van der Waals surface area contributed by atoms with E-state index in [0.717, 1.165) is 52.2 Å². The lowest BCUT2D eigenvalue weighted by molar-refractivity contribution is -0.384. The van der Waals surface area contributed by atoms with Gasteiger partial charge in [0.05, 0.1) is 10.3 Å². The zero-order valence-corrected chi connectivity index (χ0v) is 16.8. The first-order valence-electron chi connectivity index (χ1n) is 9.17. The number of thiophene rings is 1. The summed E-state index contributed by atoms with van der Waals surface area (Å²) in [6, 6.07) is 14.9. The van der Waals surface area contributed by atoms with Crippen LogP contribution in [-0.4, -0.2) is 21.4 Å². The van der Waals surface area contributed by atoms with Crippen LogP contribution in [0.1, 0.15) is 12.0 Å². The van der Waals surface area contributed by atoms with Gasteiger partial charge in [0.15, 0.2) is 0 Å². The summed E-state index contributed by atoms with van der Waals surface area (Å²) in [4.78, 5) is 22.8. The molecule has 0 N–H and O–H groups in total. The van der Waals surface area contributed by atoms with Crippen LogP contribution in [0, 0.1) is 10.1 Å². The van der Waals surface area contributed by atoms with Gasteiger partial charge in [0, 0.05) is 35.3 Å². The van der Waals surface area contributed by atoms with E-state index < -0.39 is 0 Å². The molecule has 3 heterocycles. The van der Waals surface area contributed by atoms with Crippen LogP contribution in [0.2, 0.25) is 5.28 Å². The summed E-state index contributed by atoms with van der Waals surface area (Å²) in [7, 11) is 0. The van der Waals surface area contributed by atoms with Gasteiger partial charge < -0.3 is 4.90 Å². The van der Waals surface area contributed by atoms with E-state index in [1.807, 2.05) is 23.6 Å². The number of nitro benzene ring substituents is 1.